The Balaban J connectivity index is 1.74. The van der Waals surface area contributed by atoms with Crippen LogP contribution < -0.4 is 14.8 Å². The van der Waals surface area contributed by atoms with Crippen molar-refractivity contribution < 1.29 is 19.1 Å². The fraction of sp³-hybridized carbons (Fsp3) is 0.333. The highest BCUT2D eigenvalue weighted by Gasteiger charge is 2.48. The Morgan fingerprint density at radius 2 is 1.70 bits per heavy atom. The van der Waals surface area contributed by atoms with E-state index in [-0.39, 0.29) is 11.9 Å². The summed E-state index contributed by atoms with van der Waals surface area (Å²) in [5.41, 5.74) is 0.722. The second-order valence-electron chi connectivity index (χ2n) is 6.67. The lowest BCUT2D eigenvalue weighted by atomic mass is 9.91. The van der Waals surface area contributed by atoms with Gasteiger partial charge in [-0.15, -0.1) is 0 Å². The fourth-order valence-corrected chi connectivity index (χ4v) is 3.33. The van der Waals surface area contributed by atoms with Crippen LogP contribution in [0.4, 0.5) is 4.79 Å². The van der Waals surface area contributed by atoms with E-state index in [1.165, 1.54) is 17.6 Å². The van der Waals surface area contributed by atoms with Crippen molar-refractivity contribution in [3.05, 3.63) is 59.7 Å². The smallest absolute Gasteiger partial charge is 0.325 e. The average Bonchev–Trinajstić information content (AvgIpc) is 2.92. The van der Waals surface area contributed by atoms with Crippen LogP contribution in [0.15, 0.2) is 48.5 Å². The molecule has 3 amide bonds. The Kier molecular flexibility index (Phi) is 5.35. The zero-order chi connectivity index (χ0) is 19.4. The molecule has 0 spiro atoms. The van der Waals surface area contributed by atoms with Gasteiger partial charge in [-0.25, -0.2) is 4.79 Å². The second kappa shape index (κ2) is 7.70. The van der Waals surface area contributed by atoms with Crippen LogP contribution in [0.3, 0.4) is 0 Å². The van der Waals surface area contributed by atoms with Gasteiger partial charge in [0.05, 0.1) is 14.2 Å². The van der Waals surface area contributed by atoms with Crippen LogP contribution in [0.2, 0.25) is 0 Å². The molecule has 0 bridgehead atoms. The van der Waals surface area contributed by atoms with Gasteiger partial charge in [-0.05, 0) is 43.0 Å². The van der Waals surface area contributed by atoms with Crippen LogP contribution in [0.1, 0.15) is 24.5 Å². The van der Waals surface area contributed by atoms with Crippen LogP contribution in [-0.2, 0) is 16.8 Å². The van der Waals surface area contributed by atoms with Gasteiger partial charge in [-0.2, -0.15) is 0 Å². The molecular formula is C21H24N2O4. The highest BCUT2D eigenvalue weighted by atomic mass is 16.5. The molecule has 2 aromatic carbocycles. The van der Waals surface area contributed by atoms with Crippen molar-refractivity contribution in [1.29, 1.82) is 0 Å². The molecule has 27 heavy (non-hydrogen) atoms. The Morgan fingerprint density at radius 1 is 1.00 bits per heavy atom. The number of benzene rings is 2. The van der Waals surface area contributed by atoms with Crippen molar-refractivity contribution in [2.24, 2.45) is 0 Å². The maximum atomic E-state index is 13.0. The van der Waals surface area contributed by atoms with Crippen molar-refractivity contribution in [2.75, 3.05) is 20.8 Å². The maximum Gasteiger partial charge on any atom is 0.325 e. The summed E-state index contributed by atoms with van der Waals surface area (Å²) in [4.78, 5) is 26.7. The van der Waals surface area contributed by atoms with E-state index >= 15 is 0 Å². The number of ether oxygens (including phenoxy) is 2. The van der Waals surface area contributed by atoms with Crippen molar-refractivity contribution in [2.45, 2.75) is 25.3 Å². The lowest BCUT2D eigenvalue weighted by Gasteiger charge is -2.23. The number of nitrogens with one attached hydrogen (secondary N) is 1. The number of hydrogen-bond acceptors (Lipinski definition) is 4. The first-order valence-electron chi connectivity index (χ1n) is 8.90. The summed E-state index contributed by atoms with van der Waals surface area (Å²) in [5.74, 6) is 0.829. The first-order chi connectivity index (χ1) is 13.0. The topological polar surface area (TPSA) is 67.9 Å². The Labute approximate surface area is 159 Å². The van der Waals surface area contributed by atoms with Gasteiger partial charge >= 0.3 is 6.03 Å². The molecule has 0 saturated carbocycles. The summed E-state index contributed by atoms with van der Waals surface area (Å²) < 4.78 is 10.6. The van der Waals surface area contributed by atoms with Gasteiger partial charge in [0.2, 0.25) is 0 Å². The summed E-state index contributed by atoms with van der Waals surface area (Å²) >= 11 is 0. The molecular weight excluding hydrogens is 344 g/mol. The van der Waals surface area contributed by atoms with E-state index in [0.717, 1.165) is 6.42 Å². The molecule has 1 fully saturated rings. The molecule has 0 radical (unpaired) electrons. The minimum Gasteiger partial charge on any atom is -0.493 e. The van der Waals surface area contributed by atoms with E-state index in [1.807, 2.05) is 30.3 Å². The van der Waals surface area contributed by atoms with Crippen LogP contribution in [0.25, 0.3) is 0 Å². The molecule has 142 valence electrons. The first kappa shape index (κ1) is 18.8. The molecule has 1 aliphatic rings. The molecule has 1 N–H and O–H groups in total. The predicted octanol–water partition coefficient (Wildman–Crippen LogP) is 3.10. The lowest BCUT2D eigenvalue weighted by molar-refractivity contribution is -0.131. The van der Waals surface area contributed by atoms with Gasteiger partial charge in [-0.1, -0.05) is 36.4 Å². The number of imide groups is 1. The van der Waals surface area contributed by atoms with Crippen LogP contribution in [0, 0.1) is 0 Å². The third-order valence-corrected chi connectivity index (χ3v) is 4.93. The van der Waals surface area contributed by atoms with Crippen molar-refractivity contribution in [3.63, 3.8) is 0 Å². The molecule has 3 rings (SSSR count). The summed E-state index contributed by atoms with van der Waals surface area (Å²) in [5, 5.41) is 2.82. The summed E-state index contributed by atoms with van der Waals surface area (Å²) in [6, 6.07) is 14.9. The quantitative estimate of drug-likeness (QED) is 0.763. The molecule has 1 heterocycles. The van der Waals surface area contributed by atoms with Gasteiger partial charge in [0, 0.05) is 6.54 Å². The monoisotopic (exact) mass is 368 g/mol. The van der Waals surface area contributed by atoms with Gasteiger partial charge in [0.1, 0.15) is 5.54 Å². The number of aryl methyl sites for hydroxylation is 1. The van der Waals surface area contributed by atoms with Crippen LogP contribution in [0.5, 0.6) is 11.5 Å². The first-order valence-corrected chi connectivity index (χ1v) is 8.90. The van der Waals surface area contributed by atoms with Crippen molar-refractivity contribution >= 4 is 11.9 Å². The molecule has 1 saturated heterocycles. The molecule has 6 nitrogen and oxygen atoms in total. The highest BCUT2D eigenvalue weighted by Crippen LogP contribution is 2.35. The van der Waals surface area contributed by atoms with Gasteiger partial charge < -0.3 is 14.8 Å². The number of amides is 3. The summed E-state index contributed by atoms with van der Waals surface area (Å²) in [6.45, 7) is 2.09. The highest BCUT2D eigenvalue weighted by molar-refractivity contribution is 6.07. The number of carbonyl (C=O) groups excluding carboxylic acids is 2. The van der Waals surface area contributed by atoms with Crippen molar-refractivity contribution in [3.8, 4) is 11.5 Å². The summed E-state index contributed by atoms with van der Waals surface area (Å²) in [7, 11) is 3.09. The fourth-order valence-electron chi connectivity index (χ4n) is 3.33. The Hall–Kier alpha value is -3.02. The molecule has 1 atom stereocenters. The van der Waals surface area contributed by atoms with Crippen LogP contribution in [-0.4, -0.2) is 37.6 Å². The maximum absolute atomic E-state index is 13.0. The van der Waals surface area contributed by atoms with Crippen LogP contribution >= 0.6 is 0 Å². The molecule has 1 unspecified atom stereocenters. The number of carbonyl (C=O) groups is 2. The molecule has 0 aliphatic carbocycles. The van der Waals surface area contributed by atoms with E-state index in [4.69, 9.17) is 9.47 Å². The largest absolute Gasteiger partial charge is 0.493 e. The second-order valence-corrected chi connectivity index (χ2v) is 6.67. The van der Waals surface area contributed by atoms with E-state index in [0.29, 0.717) is 30.0 Å². The normalized spacial score (nSPS) is 19.1. The van der Waals surface area contributed by atoms with E-state index in [1.54, 1.807) is 32.2 Å². The van der Waals surface area contributed by atoms with Gasteiger partial charge in [0.15, 0.2) is 11.5 Å². The van der Waals surface area contributed by atoms with E-state index < -0.39 is 5.54 Å². The number of rotatable bonds is 7. The third kappa shape index (κ3) is 3.60. The van der Waals surface area contributed by atoms with Gasteiger partial charge in [-0.3, -0.25) is 9.69 Å². The van der Waals surface area contributed by atoms with E-state index in [9.17, 15) is 9.59 Å². The Bertz CT molecular complexity index is 837. The Morgan fingerprint density at radius 3 is 2.37 bits per heavy atom. The predicted molar refractivity (Wildman–Crippen MR) is 102 cm³/mol. The number of hydrogen-bond donors (Lipinski definition) is 1. The molecule has 2 aromatic rings. The minimum absolute atomic E-state index is 0.257. The molecule has 1 aliphatic heterocycles. The SMILES string of the molecule is COc1ccc(C2(C)NC(=O)N(CCCc3ccccc3)C2=O)cc1OC. The number of nitrogens with zero attached hydrogens (tertiary/aromatic N) is 1. The third-order valence-electron chi connectivity index (χ3n) is 4.93. The zero-order valence-corrected chi connectivity index (χ0v) is 15.8. The molecule has 0 aromatic heterocycles. The van der Waals surface area contributed by atoms with E-state index in [2.05, 4.69) is 5.32 Å². The number of methoxy groups -OCH3 is 2. The molecule has 6 heteroatoms. The lowest BCUT2D eigenvalue weighted by Crippen LogP contribution is -2.41. The summed E-state index contributed by atoms with van der Waals surface area (Å²) in [6.07, 6.45) is 1.52. The zero-order valence-electron chi connectivity index (χ0n) is 15.8. The standard InChI is InChI=1S/C21H24N2O4/c1-21(16-11-12-17(26-2)18(14-16)27-3)19(24)23(20(25)22-21)13-7-10-15-8-5-4-6-9-15/h4-6,8-9,11-12,14H,7,10,13H2,1-3H3,(H,22,25). The number of urea groups is 1. The van der Waals surface area contributed by atoms with Gasteiger partial charge in [0.25, 0.3) is 5.91 Å². The minimum atomic E-state index is -1.12. The average molecular weight is 368 g/mol. The van der Waals surface area contributed by atoms with Crippen molar-refractivity contribution in [1.82, 2.24) is 10.2 Å².